The van der Waals surface area contributed by atoms with Crippen molar-refractivity contribution < 1.29 is 4.74 Å². The van der Waals surface area contributed by atoms with Crippen molar-refractivity contribution >= 4 is 11.6 Å². The molecule has 0 amide bonds. The smallest absolute Gasteiger partial charge is 0.137 e. The molecule has 0 unspecified atom stereocenters. The Balaban J connectivity index is 1.72. The van der Waals surface area contributed by atoms with Crippen molar-refractivity contribution in [2.45, 2.75) is 58.3 Å². The molecule has 1 aliphatic rings. The third-order valence-corrected chi connectivity index (χ3v) is 5.01. The largest absolute Gasteiger partial charge is 0.492 e. The van der Waals surface area contributed by atoms with Crippen LogP contribution in [-0.4, -0.2) is 6.61 Å². The standard InChI is InChI=1S/C19H26ClNO/c1-2-3-4-5-15-6-8-16(9-7-15)14-22-19-11-10-17(13-21)12-18(19)20/h10-12,15-16H,2-9,14H2,1H3. The van der Waals surface area contributed by atoms with E-state index in [-0.39, 0.29) is 0 Å². The molecular formula is C19H26ClNO. The average Bonchev–Trinajstić information content (AvgIpc) is 2.55. The summed E-state index contributed by atoms with van der Waals surface area (Å²) in [4.78, 5) is 0. The number of halogens is 1. The molecule has 1 fully saturated rings. The lowest BCUT2D eigenvalue weighted by molar-refractivity contribution is 0.178. The maximum absolute atomic E-state index is 8.84. The van der Waals surface area contributed by atoms with Gasteiger partial charge < -0.3 is 4.74 Å². The van der Waals surface area contributed by atoms with E-state index in [9.17, 15) is 0 Å². The van der Waals surface area contributed by atoms with Gasteiger partial charge in [-0.05, 0) is 42.9 Å². The second-order valence-electron chi connectivity index (χ2n) is 6.45. The summed E-state index contributed by atoms with van der Waals surface area (Å²) in [6.45, 7) is 3.01. The van der Waals surface area contributed by atoms with Crippen LogP contribution < -0.4 is 4.74 Å². The van der Waals surface area contributed by atoms with Crippen molar-refractivity contribution in [3.63, 3.8) is 0 Å². The fourth-order valence-electron chi connectivity index (χ4n) is 3.26. The summed E-state index contributed by atoms with van der Waals surface area (Å²) in [5.41, 5.74) is 0.574. The highest BCUT2D eigenvalue weighted by Crippen LogP contribution is 2.33. The highest BCUT2D eigenvalue weighted by Gasteiger charge is 2.21. The van der Waals surface area contributed by atoms with Gasteiger partial charge in [-0.25, -0.2) is 0 Å². The molecule has 0 bridgehead atoms. The molecule has 2 nitrogen and oxygen atoms in total. The molecule has 1 saturated carbocycles. The van der Waals surface area contributed by atoms with Crippen LogP contribution in [0.4, 0.5) is 0 Å². The molecule has 0 saturated heterocycles. The van der Waals surface area contributed by atoms with Crippen molar-refractivity contribution in [3.05, 3.63) is 28.8 Å². The Kier molecular flexibility index (Phi) is 7.06. The summed E-state index contributed by atoms with van der Waals surface area (Å²) in [7, 11) is 0. The average molecular weight is 320 g/mol. The molecule has 1 aliphatic carbocycles. The summed E-state index contributed by atoms with van der Waals surface area (Å²) in [5.74, 6) is 2.28. The summed E-state index contributed by atoms with van der Waals surface area (Å²) in [6, 6.07) is 7.31. The molecule has 2 rings (SSSR count). The monoisotopic (exact) mass is 319 g/mol. The highest BCUT2D eigenvalue weighted by molar-refractivity contribution is 6.32. The third kappa shape index (κ3) is 5.21. The SMILES string of the molecule is CCCCCC1CCC(COc2ccc(C#N)cc2Cl)CC1. The fraction of sp³-hybridized carbons (Fsp3) is 0.632. The predicted molar refractivity (Wildman–Crippen MR) is 91.3 cm³/mol. The summed E-state index contributed by atoms with van der Waals surface area (Å²) in [5, 5.41) is 9.37. The zero-order chi connectivity index (χ0) is 15.8. The Labute approximate surface area is 139 Å². The van der Waals surface area contributed by atoms with E-state index >= 15 is 0 Å². The fourth-order valence-corrected chi connectivity index (χ4v) is 3.50. The van der Waals surface area contributed by atoms with Crippen LogP contribution in [0, 0.1) is 23.2 Å². The maximum Gasteiger partial charge on any atom is 0.137 e. The van der Waals surface area contributed by atoms with Crippen LogP contribution in [0.1, 0.15) is 63.9 Å². The molecule has 0 aromatic heterocycles. The Hall–Kier alpha value is -1.20. The van der Waals surface area contributed by atoms with E-state index in [1.54, 1.807) is 18.2 Å². The third-order valence-electron chi connectivity index (χ3n) is 4.72. The first-order valence-electron chi connectivity index (χ1n) is 8.55. The van der Waals surface area contributed by atoms with Crippen LogP contribution in [0.3, 0.4) is 0 Å². The van der Waals surface area contributed by atoms with Crippen molar-refractivity contribution in [2.24, 2.45) is 11.8 Å². The lowest BCUT2D eigenvalue weighted by Gasteiger charge is -2.28. The van der Waals surface area contributed by atoms with E-state index in [2.05, 4.69) is 13.0 Å². The predicted octanol–water partition coefficient (Wildman–Crippen LogP) is 5.98. The quantitative estimate of drug-likeness (QED) is 0.579. The number of ether oxygens (including phenoxy) is 1. The van der Waals surface area contributed by atoms with Gasteiger partial charge in [0.1, 0.15) is 5.75 Å². The highest BCUT2D eigenvalue weighted by atomic mass is 35.5. The first kappa shape index (κ1) is 17.2. The van der Waals surface area contributed by atoms with Gasteiger partial charge in [-0.3, -0.25) is 0 Å². The summed E-state index contributed by atoms with van der Waals surface area (Å²) >= 11 is 6.14. The Morgan fingerprint density at radius 1 is 1.18 bits per heavy atom. The molecule has 1 aromatic rings. The van der Waals surface area contributed by atoms with E-state index in [1.807, 2.05) is 0 Å². The van der Waals surface area contributed by atoms with Gasteiger partial charge in [0.2, 0.25) is 0 Å². The van der Waals surface area contributed by atoms with Gasteiger partial charge in [-0.1, -0.05) is 57.0 Å². The van der Waals surface area contributed by atoms with E-state index in [1.165, 1.54) is 51.4 Å². The van der Waals surface area contributed by atoms with E-state index in [0.717, 1.165) is 12.5 Å². The minimum Gasteiger partial charge on any atom is -0.492 e. The van der Waals surface area contributed by atoms with E-state index in [0.29, 0.717) is 22.3 Å². The second kappa shape index (κ2) is 9.06. The summed E-state index contributed by atoms with van der Waals surface area (Å²) < 4.78 is 5.87. The number of hydrogen-bond donors (Lipinski definition) is 0. The number of unbranched alkanes of at least 4 members (excludes halogenated alkanes) is 2. The number of rotatable bonds is 7. The molecule has 1 aromatic carbocycles. The van der Waals surface area contributed by atoms with Crippen LogP contribution in [0.15, 0.2) is 18.2 Å². The van der Waals surface area contributed by atoms with Gasteiger partial charge in [0.05, 0.1) is 23.3 Å². The Morgan fingerprint density at radius 3 is 2.55 bits per heavy atom. The molecule has 0 atom stereocenters. The lowest BCUT2D eigenvalue weighted by atomic mass is 9.80. The van der Waals surface area contributed by atoms with Crippen LogP contribution in [0.2, 0.25) is 5.02 Å². The molecule has 0 spiro atoms. The molecular weight excluding hydrogens is 294 g/mol. The molecule has 120 valence electrons. The molecule has 0 aliphatic heterocycles. The van der Waals surface area contributed by atoms with Crippen LogP contribution in [0.5, 0.6) is 5.75 Å². The van der Waals surface area contributed by atoms with Crippen molar-refractivity contribution in [3.8, 4) is 11.8 Å². The van der Waals surface area contributed by atoms with Crippen LogP contribution in [0.25, 0.3) is 0 Å². The molecule has 22 heavy (non-hydrogen) atoms. The topological polar surface area (TPSA) is 33.0 Å². The zero-order valence-corrected chi connectivity index (χ0v) is 14.2. The minimum atomic E-state index is 0.535. The van der Waals surface area contributed by atoms with Gasteiger partial charge >= 0.3 is 0 Å². The van der Waals surface area contributed by atoms with Gasteiger partial charge in [0, 0.05) is 0 Å². The van der Waals surface area contributed by atoms with E-state index in [4.69, 9.17) is 21.6 Å². The molecule has 3 heteroatoms. The number of nitriles is 1. The maximum atomic E-state index is 8.84. The Bertz CT molecular complexity index is 501. The lowest BCUT2D eigenvalue weighted by Crippen LogP contribution is -2.20. The molecule has 0 heterocycles. The zero-order valence-electron chi connectivity index (χ0n) is 13.5. The van der Waals surface area contributed by atoms with Gasteiger partial charge in [0.15, 0.2) is 0 Å². The van der Waals surface area contributed by atoms with Gasteiger partial charge in [-0.2, -0.15) is 5.26 Å². The van der Waals surface area contributed by atoms with Crippen LogP contribution in [-0.2, 0) is 0 Å². The number of benzene rings is 1. The first-order chi connectivity index (χ1) is 10.7. The molecule has 0 radical (unpaired) electrons. The van der Waals surface area contributed by atoms with Crippen molar-refractivity contribution in [1.29, 1.82) is 5.26 Å². The number of hydrogen-bond acceptors (Lipinski definition) is 2. The second-order valence-corrected chi connectivity index (χ2v) is 6.86. The molecule has 0 N–H and O–H groups in total. The first-order valence-corrected chi connectivity index (χ1v) is 8.93. The van der Waals surface area contributed by atoms with Gasteiger partial charge in [-0.15, -0.1) is 0 Å². The van der Waals surface area contributed by atoms with Crippen molar-refractivity contribution in [1.82, 2.24) is 0 Å². The number of nitrogens with zero attached hydrogens (tertiary/aromatic N) is 1. The summed E-state index contributed by atoms with van der Waals surface area (Å²) in [6.07, 6.45) is 10.7. The van der Waals surface area contributed by atoms with Crippen LogP contribution >= 0.6 is 11.6 Å². The van der Waals surface area contributed by atoms with E-state index < -0.39 is 0 Å². The minimum absolute atomic E-state index is 0.535. The van der Waals surface area contributed by atoms with Gasteiger partial charge in [0.25, 0.3) is 0 Å². The normalized spacial score (nSPS) is 21.3. The van der Waals surface area contributed by atoms with Crippen molar-refractivity contribution in [2.75, 3.05) is 6.61 Å². The Morgan fingerprint density at radius 2 is 1.91 bits per heavy atom.